The molecule has 9 aromatic rings. The van der Waals surface area contributed by atoms with Crippen LogP contribution in [0, 0.1) is 0 Å². The number of hydrogen-bond donors (Lipinski definition) is 0. The lowest BCUT2D eigenvalue weighted by Crippen LogP contribution is -2.62. The Morgan fingerprint density at radius 3 is 0.888 bits per heavy atom. The predicted octanol–water partition coefficient (Wildman–Crippen LogP) is 13.8. The van der Waals surface area contributed by atoms with Gasteiger partial charge in [-0.15, -0.1) is 0 Å². The zero-order valence-corrected chi connectivity index (χ0v) is 49.8. The van der Waals surface area contributed by atoms with Gasteiger partial charge >= 0.3 is 5.97 Å². The Labute approximate surface area is 521 Å². The number of hydrogen-bond acceptors (Lipinski definition) is 13. The Bertz CT molecular complexity index is 3430. The first-order chi connectivity index (χ1) is 44.1. The standard InChI is InChI=1S/C76H76O13/c77-74(89-76-73(85-52-63-41-23-8-24-42-63)71(83-50-61-37-19-6-20-38-61)69(81-48-59-33-15-4-16-34-59)67(88-76)55-79-46-57-29-11-2-12-30-57)65-44-26-25-43-64(65)53-86-75-72(84-51-62-39-21-7-22-40-62)70(82-49-60-35-17-5-18-36-60)68(80-47-58-31-13-3-14-32-58)66(87-75)54-78-45-56-27-9-1-10-28-56/h1-44,66-73,75-76H,45-55H2/t66-,67-,68-,69-,70+,71+,72-,73-,75-,76+/m1/s1. The molecular formula is C76H76O13. The van der Waals surface area contributed by atoms with E-state index in [2.05, 4.69) is 0 Å². The maximum absolute atomic E-state index is 15.3. The number of carbonyl (C=O) groups is 1. The van der Waals surface area contributed by atoms with Crippen LogP contribution in [0.5, 0.6) is 0 Å². The van der Waals surface area contributed by atoms with E-state index >= 15 is 4.79 Å². The van der Waals surface area contributed by atoms with Gasteiger partial charge in [-0.1, -0.05) is 261 Å². The largest absolute Gasteiger partial charge is 0.429 e. The monoisotopic (exact) mass is 1200 g/mol. The molecule has 2 saturated heterocycles. The zero-order valence-electron chi connectivity index (χ0n) is 49.8. The smallest absolute Gasteiger partial charge is 0.340 e. The quantitative estimate of drug-likeness (QED) is 0.0383. The number of esters is 1. The molecule has 2 fully saturated rings. The highest BCUT2D eigenvalue weighted by Crippen LogP contribution is 2.35. The van der Waals surface area contributed by atoms with Crippen molar-refractivity contribution in [1.29, 1.82) is 0 Å². The van der Waals surface area contributed by atoms with Crippen LogP contribution in [0.1, 0.15) is 60.4 Å². The molecule has 0 radical (unpaired) electrons. The average molecular weight is 1200 g/mol. The molecule has 0 unspecified atom stereocenters. The molecule has 11 rings (SSSR count). The summed E-state index contributed by atoms with van der Waals surface area (Å²) in [6.07, 6.45) is -8.76. The topological polar surface area (TPSA) is 128 Å². The van der Waals surface area contributed by atoms with Crippen LogP contribution < -0.4 is 0 Å². The molecule has 0 spiro atoms. The Morgan fingerprint density at radius 1 is 0.270 bits per heavy atom. The molecule has 0 amide bonds. The van der Waals surface area contributed by atoms with Crippen LogP contribution in [-0.4, -0.2) is 80.6 Å². The van der Waals surface area contributed by atoms with Crippen molar-refractivity contribution in [3.63, 3.8) is 0 Å². The van der Waals surface area contributed by atoms with E-state index in [0.29, 0.717) is 18.8 Å². The highest BCUT2D eigenvalue weighted by molar-refractivity contribution is 5.91. The van der Waals surface area contributed by atoms with Gasteiger partial charge in [0.15, 0.2) is 6.29 Å². The molecule has 13 nitrogen and oxygen atoms in total. The van der Waals surface area contributed by atoms with Gasteiger partial charge in [-0.2, -0.15) is 0 Å². The molecule has 0 bridgehead atoms. The zero-order chi connectivity index (χ0) is 60.5. The van der Waals surface area contributed by atoms with Crippen LogP contribution in [0.2, 0.25) is 0 Å². The highest BCUT2D eigenvalue weighted by Gasteiger charge is 2.52. The first-order valence-corrected chi connectivity index (χ1v) is 30.4. The summed E-state index contributed by atoms with van der Waals surface area (Å²) in [4.78, 5) is 15.3. The molecule has 2 aliphatic heterocycles. The number of ether oxygens (including phenoxy) is 12. The molecule has 89 heavy (non-hydrogen) atoms. The summed E-state index contributed by atoms with van der Waals surface area (Å²) in [7, 11) is 0. The first-order valence-electron chi connectivity index (χ1n) is 30.4. The van der Waals surface area contributed by atoms with Crippen LogP contribution in [-0.2, 0) is 116 Å². The molecule has 0 aliphatic carbocycles. The fourth-order valence-electron chi connectivity index (χ4n) is 10.9. The molecule has 2 aliphatic rings. The summed E-state index contributed by atoms with van der Waals surface area (Å²) < 4.78 is 82.1. The second-order valence-corrected chi connectivity index (χ2v) is 22.0. The van der Waals surface area contributed by atoms with E-state index in [9.17, 15) is 0 Å². The summed E-state index contributed by atoms with van der Waals surface area (Å²) in [5.41, 5.74) is 8.43. The highest BCUT2D eigenvalue weighted by atomic mass is 16.7. The van der Waals surface area contributed by atoms with Gasteiger partial charge in [-0.25, -0.2) is 4.79 Å². The van der Waals surface area contributed by atoms with Crippen molar-refractivity contribution in [1.82, 2.24) is 0 Å². The second-order valence-electron chi connectivity index (χ2n) is 22.0. The average Bonchev–Trinajstić information content (AvgIpc) is 3.31. The van der Waals surface area contributed by atoms with E-state index < -0.39 is 67.4 Å². The summed E-state index contributed by atoms with van der Waals surface area (Å²) in [5.74, 6) is -0.677. The van der Waals surface area contributed by atoms with E-state index in [-0.39, 0.29) is 65.0 Å². The summed E-state index contributed by atoms with van der Waals surface area (Å²) in [6, 6.07) is 86.7. The van der Waals surface area contributed by atoms with Crippen molar-refractivity contribution in [3.05, 3.63) is 323 Å². The van der Waals surface area contributed by atoms with Crippen LogP contribution >= 0.6 is 0 Å². The molecule has 2 heterocycles. The number of rotatable bonds is 31. The van der Waals surface area contributed by atoms with Crippen LogP contribution in [0.3, 0.4) is 0 Å². The van der Waals surface area contributed by atoms with Gasteiger partial charge in [0.2, 0.25) is 6.29 Å². The van der Waals surface area contributed by atoms with Crippen molar-refractivity contribution in [2.75, 3.05) is 13.2 Å². The van der Waals surface area contributed by atoms with E-state index in [0.717, 1.165) is 44.5 Å². The fraction of sp³-hybridized carbons (Fsp3) is 0.276. The minimum atomic E-state index is -1.31. The van der Waals surface area contributed by atoms with Crippen molar-refractivity contribution in [2.45, 2.75) is 121 Å². The Kier molecular flexibility index (Phi) is 23.6. The van der Waals surface area contributed by atoms with Crippen molar-refractivity contribution < 1.29 is 61.6 Å². The molecule has 0 aromatic heterocycles. The molecule has 0 saturated carbocycles. The molecule has 458 valence electrons. The van der Waals surface area contributed by atoms with Gasteiger partial charge in [0.1, 0.15) is 48.8 Å². The third-order valence-electron chi connectivity index (χ3n) is 15.5. The summed E-state index contributed by atoms with van der Waals surface area (Å²) >= 11 is 0. The first kappa shape index (κ1) is 62.6. The van der Waals surface area contributed by atoms with Crippen LogP contribution in [0.25, 0.3) is 0 Å². The lowest BCUT2D eigenvalue weighted by Gasteiger charge is -2.46. The Morgan fingerprint density at radius 2 is 0.539 bits per heavy atom. The minimum absolute atomic E-state index is 0.0742. The van der Waals surface area contributed by atoms with E-state index in [4.69, 9.17) is 56.8 Å². The minimum Gasteiger partial charge on any atom is -0.429 e. The number of benzene rings is 9. The van der Waals surface area contributed by atoms with E-state index in [1.165, 1.54) is 0 Å². The second kappa shape index (κ2) is 33.6. The maximum Gasteiger partial charge on any atom is 0.340 e. The third-order valence-corrected chi connectivity index (χ3v) is 15.5. The third kappa shape index (κ3) is 18.6. The van der Waals surface area contributed by atoms with Crippen molar-refractivity contribution in [3.8, 4) is 0 Å². The molecule has 10 atom stereocenters. The molecule has 0 N–H and O–H groups in total. The van der Waals surface area contributed by atoms with Crippen LogP contribution in [0.15, 0.2) is 267 Å². The van der Waals surface area contributed by atoms with Gasteiger partial charge in [0.05, 0.1) is 78.2 Å². The number of carbonyl (C=O) groups excluding carboxylic acids is 1. The van der Waals surface area contributed by atoms with Crippen LogP contribution in [0.4, 0.5) is 0 Å². The normalized spacial score (nSPS) is 21.7. The van der Waals surface area contributed by atoms with E-state index in [1.54, 1.807) is 12.1 Å². The SMILES string of the molecule is O=C(O[C@@H]1O[C@H](COCc2ccccc2)[C@@H](OCc2ccccc2)[C@H](OCc2ccccc2)[C@H]1OCc1ccccc1)c1ccccc1CO[C@@H]1O[C@H](COCc2ccccc2)[C@@H](OCc2ccccc2)[C@H](OCc2ccccc2)[C@H]1OCc1ccccc1. The fourth-order valence-corrected chi connectivity index (χ4v) is 10.9. The van der Waals surface area contributed by atoms with Crippen molar-refractivity contribution in [2.24, 2.45) is 0 Å². The van der Waals surface area contributed by atoms with Gasteiger partial charge in [0.25, 0.3) is 0 Å². The molecule has 13 heteroatoms. The van der Waals surface area contributed by atoms with E-state index in [1.807, 2.05) is 255 Å². The molecule has 9 aromatic carbocycles. The lowest BCUT2D eigenvalue weighted by atomic mass is 9.97. The van der Waals surface area contributed by atoms with Gasteiger partial charge in [0, 0.05) is 0 Å². The molecular weight excluding hydrogens is 1120 g/mol. The van der Waals surface area contributed by atoms with Gasteiger partial charge in [-0.05, 0) is 56.1 Å². The predicted molar refractivity (Wildman–Crippen MR) is 336 cm³/mol. The maximum atomic E-state index is 15.3. The van der Waals surface area contributed by atoms with Gasteiger partial charge in [-0.3, -0.25) is 0 Å². The van der Waals surface area contributed by atoms with Crippen molar-refractivity contribution >= 4 is 5.97 Å². The summed E-state index contributed by atoms with van der Waals surface area (Å²) in [6.45, 7) is 2.08. The lowest BCUT2D eigenvalue weighted by molar-refractivity contribution is -0.330. The Hall–Kier alpha value is -7.99. The van der Waals surface area contributed by atoms with Gasteiger partial charge < -0.3 is 56.8 Å². The summed E-state index contributed by atoms with van der Waals surface area (Å²) in [5, 5.41) is 0. The Balaban J connectivity index is 0.900.